The van der Waals surface area contributed by atoms with Crippen molar-refractivity contribution in [2.24, 2.45) is 0 Å². The van der Waals surface area contributed by atoms with Gasteiger partial charge < -0.3 is 16.8 Å². The first-order valence-corrected chi connectivity index (χ1v) is 9.41. The van der Waals surface area contributed by atoms with Gasteiger partial charge in [-0.15, -0.1) is 0 Å². The molecular weight excluding hydrogens is 364 g/mol. The standard InChI is InChI=1S/C21H20N8/c22-15-9-16(20(23)27-10-15)21-25-8-5-17(28-21)18-11-26-19-2-1-14(12-29(18)19)13-3-6-24-7-4-13/h1-3,5,8-12,24H,4,6-7,22H2,(H2,23,27). The normalized spacial score (nSPS) is 14.1. The number of hydrogen-bond acceptors (Lipinski definition) is 7. The van der Waals surface area contributed by atoms with E-state index in [0.717, 1.165) is 36.5 Å². The Kier molecular flexibility index (Phi) is 4.18. The van der Waals surface area contributed by atoms with Crippen LogP contribution < -0.4 is 16.8 Å². The summed E-state index contributed by atoms with van der Waals surface area (Å²) in [5.41, 5.74) is 18.0. The molecule has 0 atom stereocenters. The third-order valence-corrected chi connectivity index (χ3v) is 5.04. The molecule has 144 valence electrons. The van der Waals surface area contributed by atoms with E-state index in [1.807, 2.05) is 18.3 Å². The third-order valence-electron chi connectivity index (χ3n) is 5.04. The van der Waals surface area contributed by atoms with E-state index in [0.29, 0.717) is 22.9 Å². The molecule has 5 N–H and O–H groups in total. The molecule has 1 aliphatic heterocycles. The van der Waals surface area contributed by atoms with Gasteiger partial charge in [0.1, 0.15) is 11.5 Å². The van der Waals surface area contributed by atoms with E-state index in [1.165, 1.54) is 17.3 Å². The first-order valence-electron chi connectivity index (χ1n) is 9.41. The first-order chi connectivity index (χ1) is 14.2. The maximum absolute atomic E-state index is 6.01. The Balaban J connectivity index is 1.61. The number of nitrogen functional groups attached to an aromatic ring is 2. The second kappa shape index (κ2) is 6.99. The summed E-state index contributed by atoms with van der Waals surface area (Å²) >= 11 is 0. The van der Waals surface area contributed by atoms with Gasteiger partial charge in [0, 0.05) is 18.9 Å². The number of anilines is 2. The summed E-state index contributed by atoms with van der Waals surface area (Å²) in [6, 6.07) is 7.74. The smallest absolute Gasteiger partial charge is 0.163 e. The summed E-state index contributed by atoms with van der Waals surface area (Å²) in [5, 5.41) is 3.35. The van der Waals surface area contributed by atoms with E-state index in [1.54, 1.807) is 12.3 Å². The van der Waals surface area contributed by atoms with Gasteiger partial charge in [0.15, 0.2) is 5.82 Å². The summed E-state index contributed by atoms with van der Waals surface area (Å²) in [7, 11) is 0. The van der Waals surface area contributed by atoms with E-state index < -0.39 is 0 Å². The molecule has 0 aromatic carbocycles. The zero-order valence-electron chi connectivity index (χ0n) is 15.7. The van der Waals surface area contributed by atoms with Gasteiger partial charge in [0.2, 0.25) is 0 Å². The van der Waals surface area contributed by atoms with Crippen molar-refractivity contribution in [2.45, 2.75) is 6.42 Å². The molecule has 4 aromatic heterocycles. The van der Waals surface area contributed by atoms with Crippen LogP contribution in [0.5, 0.6) is 0 Å². The number of aromatic nitrogens is 5. The maximum atomic E-state index is 6.01. The molecule has 8 nitrogen and oxygen atoms in total. The number of fused-ring (bicyclic) bond motifs is 1. The molecule has 0 amide bonds. The Hall–Kier alpha value is -3.78. The molecule has 0 fully saturated rings. The Labute approximate surface area is 167 Å². The van der Waals surface area contributed by atoms with Gasteiger partial charge in [-0.3, -0.25) is 4.40 Å². The van der Waals surface area contributed by atoms with Crippen molar-refractivity contribution in [1.29, 1.82) is 0 Å². The minimum atomic E-state index is 0.342. The SMILES string of the molecule is Nc1cnc(N)c(-c2nccc(-c3cnc4ccc(C5=CCNCC5)cn34)n2)c1. The van der Waals surface area contributed by atoms with Crippen molar-refractivity contribution in [2.75, 3.05) is 24.6 Å². The fraction of sp³-hybridized carbons (Fsp3) is 0.143. The molecule has 0 unspecified atom stereocenters. The predicted octanol–water partition coefficient (Wildman–Crippen LogP) is 2.39. The first kappa shape index (κ1) is 17.3. The second-order valence-corrected chi connectivity index (χ2v) is 6.94. The Morgan fingerprint density at radius 3 is 2.83 bits per heavy atom. The summed E-state index contributed by atoms with van der Waals surface area (Å²) in [6.07, 6.45) is 10.4. The zero-order chi connectivity index (χ0) is 19.8. The van der Waals surface area contributed by atoms with Crippen molar-refractivity contribution in [3.63, 3.8) is 0 Å². The summed E-state index contributed by atoms with van der Waals surface area (Å²) in [6.45, 7) is 1.89. The Morgan fingerprint density at radius 2 is 1.97 bits per heavy atom. The number of nitrogens with zero attached hydrogens (tertiary/aromatic N) is 5. The average Bonchev–Trinajstić information content (AvgIpc) is 3.19. The number of imidazole rings is 1. The van der Waals surface area contributed by atoms with Crippen molar-refractivity contribution in [3.8, 4) is 22.8 Å². The van der Waals surface area contributed by atoms with Crippen LogP contribution in [0.3, 0.4) is 0 Å². The van der Waals surface area contributed by atoms with E-state index in [4.69, 9.17) is 16.5 Å². The van der Waals surface area contributed by atoms with Crippen molar-refractivity contribution in [3.05, 3.63) is 60.7 Å². The fourth-order valence-corrected chi connectivity index (χ4v) is 3.55. The van der Waals surface area contributed by atoms with E-state index in [2.05, 4.69) is 43.0 Å². The highest BCUT2D eigenvalue weighted by atomic mass is 15.0. The maximum Gasteiger partial charge on any atom is 0.163 e. The highest BCUT2D eigenvalue weighted by Crippen LogP contribution is 2.27. The predicted molar refractivity (Wildman–Crippen MR) is 114 cm³/mol. The fourth-order valence-electron chi connectivity index (χ4n) is 3.55. The number of hydrogen-bond donors (Lipinski definition) is 3. The van der Waals surface area contributed by atoms with Crippen LogP contribution in [0, 0.1) is 0 Å². The van der Waals surface area contributed by atoms with Crippen LogP contribution in [-0.2, 0) is 0 Å². The number of nitrogens with one attached hydrogen (secondary N) is 1. The number of nitrogens with two attached hydrogens (primary N) is 2. The van der Waals surface area contributed by atoms with Gasteiger partial charge in [-0.25, -0.2) is 19.9 Å². The van der Waals surface area contributed by atoms with Crippen LogP contribution in [0.2, 0.25) is 0 Å². The van der Waals surface area contributed by atoms with Gasteiger partial charge in [-0.05, 0) is 48.4 Å². The molecule has 0 aliphatic carbocycles. The monoisotopic (exact) mass is 384 g/mol. The van der Waals surface area contributed by atoms with Crippen molar-refractivity contribution < 1.29 is 0 Å². The molecule has 0 saturated carbocycles. The van der Waals surface area contributed by atoms with Crippen LogP contribution >= 0.6 is 0 Å². The van der Waals surface area contributed by atoms with Gasteiger partial charge in [0.25, 0.3) is 0 Å². The number of rotatable bonds is 3. The molecule has 8 heteroatoms. The number of pyridine rings is 2. The Morgan fingerprint density at radius 1 is 1.03 bits per heavy atom. The molecule has 4 aromatic rings. The molecule has 0 bridgehead atoms. The summed E-state index contributed by atoms with van der Waals surface area (Å²) in [5.74, 6) is 0.821. The van der Waals surface area contributed by atoms with Crippen LogP contribution in [0.1, 0.15) is 12.0 Å². The van der Waals surface area contributed by atoms with Gasteiger partial charge in [-0.2, -0.15) is 0 Å². The second-order valence-electron chi connectivity index (χ2n) is 6.94. The van der Waals surface area contributed by atoms with E-state index in [9.17, 15) is 0 Å². The lowest BCUT2D eigenvalue weighted by atomic mass is 10.0. The zero-order valence-corrected chi connectivity index (χ0v) is 15.7. The van der Waals surface area contributed by atoms with Crippen LogP contribution in [0.4, 0.5) is 11.5 Å². The lowest BCUT2D eigenvalue weighted by Crippen LogP contribution is -2.20. The Bertz CT molecular complexity index is 1240. The van der Waals surface area contributed by atoms with Crippen LogP contribution in [0.25, 0.3) is 34.0 Å². The lowest BCUT2D eigenvalue weighted by molar-refractivity contribution is 0.738. The van der Waals surface area contributed by atoms with Crippen LogP contribution in [0.15, 0.2) is 55.1 Å². The molecule has 29 heavy (non-hydrogen) atoms. The minimum Gasteiger partial charge on any atom is -0.397 e. The molecule has 5 rings (SSSR count). The molecule has 0 spiro atoms. The van der Waals surface area contributed by atoms with Crippen LogP contribution in [-0.4, -0.2) is 37.4 Å². The topological polar surface area (TPSA) is 120 Å². The van der Waals surface area contributed by atoms with E-state index in [-0.39, 0.29) is 0 Å². The molecule has 1 aliphatic rings. The highest BCUT2D eigenvalue weighted by molar-refractivity contribution is 5.73. The van der Waals surface area contributed by atoms with E-state index >= 15 is 0 Å². The van der Waals surface area contributed by atoms with Gasteiger partial charge in [0.05, 0.1) is 35.0 Å². The molecular formula is C21H20N8. The van der Waals surface area contributed by atoms with Crippen molar-refractivity contribution in [1.82, 2.24) is 29.7 Å². The quantitative estimate of drug-likeness (QED) is 0.496. The molecule has 0 radical (unpaired) electrons. The van der Waals surface area contributed by atoms with Gasteiger partial charge >= 0.3 is 0 Å². The van der Waals surface area contributed by atoms with Gasteiger partial charge in [-0.1, -0.05) is 6.08 Å². The summed E-state index contributed by atoms with van der Waals surface area (Å²) < 4.78 is 2.06. The highest BCUT2D eigenvalue weighted by Gasteiger charge is 2.14. The molecule has 5 heterocycles. The minimum absolute atomic E-state index is 0.342. The third kappa shape index (κ3) is 3.19. The molecule has 0 saturated heterocycles. The summed E-state index contributed by atoms with van der Waals surface area (Å²) in [4.78, 5) is 17.7. The largest absolute Gasteiger partial charge is 0.397 e. The lowest BCUT2D eigenvalue weighted by Gasteiger charge is -2.14. The average molecular weight is 384 g/mol. The van der Waals surface area contributed by atoms with Crippen molar-refractivity contribution >= 4 is 22.7 Å².